The van der Waals surface area contributed by atoms with Crippen LogP contribution >= 0.6 is 0 Å². The first-order valence-electron chi connectivity index (χ1n) is 6.71. The first kappa shape index (κ1) is 13.2. The van der Waals surface area contributed by atoms with Gasteiger partial charge in [0.15, 0.2) is 0 Å². The number of hydrogen-bond acceptors (Lipinski definition) is 2. The fourth-order valence-electron chi connectivity index (χ4n) is 3.07. The third-order valence-corrected chi connectivity index (χ3v) is 4.26. The molecule has 5 nitrogen and oxygen atoms in total. The maximum Gasteiger partial charge on any atom is 0.318 e. The third-order valence-electron chi connectivity index (χ3n) is 4.26. The van der Waals surface area contributed by atoms with E-state index in [1.807, 2.05) is 4.90 Å². The second-order valence-corrected chi connectivity index (χ2v) is 6.06. The monoisotopic (exact) mass is 254 g/mol. The van der Waals surface area contributed by atoms with E-state index in [1.54, 1.807) is 0 Å². The number of urea groups is 1. The van der Waals surface area contributed by atoms with Gasteiger partial charge in [0.2, 0.25) is 0 Å². The quantitative estimate of drug-likeness (QED) is 0.789. The van der Waals surface area contributed by atoms with Crippen molar-refractivity contribution in [1.82, 2.24) is 10.2 Å². The lowest BCUT2D eigenvalue weighted by atomic mass is 10.0. The number of aliphatic carboxylic acids is 1. The predicted molar refractivity (Wildman–Crippen MR) is 67.3 cm³/mol. The van der Waals surface area contributed by atoms with E-state index in [-0.39, 0.29) is 23.5 Å². The molecule has 0 radical (unpaired) electrons. The van der Waals surface area contributed by atoms with E-state index in [2.05, 4.69) is 19.2 Å². The van der Waals surface area contributed by atoms with Crippen LogP contribution in [-0.4, -0.2) is 40.1 Å². The molecule has 0 unspecified atom stereocenters. The number of likely N-dealkylation sites (tertiary alicyclic amines) is 1. The van der Waals surface area contributed by atoms with Gasteiger partial charge in [-0.3, -0.25) is 4.79 Å². The number of rotatable bonds is 2. The van der Waals surface area contributed by atoms with Gasteiger partial charge in [0.05, 0.1) is 5.92 Å². The van der Waals surface area contributed by atoms with Crippen LogP contribution in [0.25, 0.3) is 0 Å². The smallest absolute Gasteiger partial charge is 0.318 e. The van der Waals surface area contributed by atoms with Gasteiger partial charge in [-0.25, -0.2) is 4.79 Å². The van der Waals surface area contributed by atoms with Gasteiger partial charge in [0.25, 0.3) is 0 Å². The van der Waals surface area contributed by atoms with Crippen LogP contribution in [0.4, 0.5) is 4.79 Å². The molecule has 102 valence electrons. The Morgan fingerprint density at radius 2 is 2.06 bits per heavy atom. The second kappa shape index (κ2) is 4.78. The number of carbonyl (C=O) groups is 2. The lowest BCUT2D eigenvalue weighted by molar-refractivity contribution is -0.141. The highest BCUT2D eigenvalue weighted by Gasteiger charge is 2.37. The van der Waals surface area contributed by atoms with Gasteiger partial charge in [-0.2, -0.15) is 0 Å². The Balaban J connectivity index is 1.87. The van der Waals surface area contributed by atoms with Crippen molar-refractivity contribution >= 4 is 12.0 Å². The van der Waals surface area contributed by atoms with E-state index in [9.17, 15) is 9.59 Å². The number of nitrogens with zero attached hydrogens (tertiary/aromatic N) is 1. The van der Waals surface area contributed by atoms with E-state index in [1.165, 1.54) is 0 Å². The molecule has 2 fully saturated rings. The van der Waals surface area contributed by atoms with Gasteiger partial charge in [0.1, 0.15) is 0 Å². The number of amides is 2. The van der Waals surface area contributed by atoms with Crippen LogP contribution in [0.2, 0.25) is 0 Å². The summed E-state index contributed by atoms with van der Waals surface area (Å²) in [5, 5.41) is 11.9. The van der Waals surface area contributed by atoms with Crippen LogP contribution in [0.5, 0.6) is 0 Å². The molecular weight excluding hydrogens is 232 g/mol. The summed E-state index contributed by atoms with van der Waals surface area (Å²) in [7, 11) is 0. The van der Waals surface area contributed by atoms with Crippen LogP contribution in [0.1, 0.15) is 46.0 Å². The first-order valence-corrected chi connectivity index (χ1v) is 6.71. The van der Waals surface area contributed by atoms with Crippen molar-refractivity contribution in [3.8, 4) is 0 Å². The number of carboxylic acid groups (broad SMARTS) is 1. The summed E-state index contributed by atoms with van der Waals surface area (Å²) in [5.74, 6) is -1.03. The molecule has 1 heterocycles. The topological polar surface area (TPSA) is 69.6 Å². The van der Waals surface area contributed by atoms with Crippen molar-refractivity contribution in [3.63, 3.8) is 0 Å². The average molecular weight is 254 g/mol. The molecule has 1 saturated carbocycles. The molecular formula is C13H22N2O3. The van der Waals surface area contributed by atoms with Crippen LogP contribution in [0.15, 0.2) is 0 Å². The Morgan fingerprint density at radius 1 is 1.33 bits per heavy atom. The molecule has 5 heteroatoms. The Morgan fingerprint density at radius 3 is 2.56 bits per heavy atom. The summed E-state index contributed by atoms with van der Waals surface area (Å²) >= 11 is 0. The van der Waals surface area contributed by atoms with Crippen molar-refractivity contribution < 1.29 is 14.7 Å². The van der Waals surface area contributed by atoms with Gasteiger partial charge in [0, 0.05) is 18.1 Å². The number of carbonyl (C=O) groups excluding carboxylic acids is 1. The van der Waals surface area contributed by atoms with Gasteiger partial charge in [-0.15, -0.1) is 0 Å². The molecule has 0 aromatic rings. The molecule has 0 aromatic heterocycles. The fourth-order valence-corrected chi connectivity index (χ4v) is 3.07. The molecule has 1 saturated heterocycles. The van der Waals surface area contributed by atoms with Gasteiger partial charge in [-0.1, -0.05) is 0 Å². The lowest BCUT2D eigenvalue weighted by Gasteiger charge is -2.32. The van der Waals surface area contributed by atoms with E-state index < -0.39 is 5.97 Å². The Hall–Kier alpha value is -1.26. The average Bonchev–Trinajstić information content (AvgIpc) is 2.84. The molecule has 0 bridgehead atoms. The summed E-state index contributed by atoms with van der Waals surface area (Å²) in [5.41, 5.74) is -0.0745. The maximum absolute atomic E-state index is 12.2. The Bertz CT molecular complexity index is 354. The fraction of sp³-hybridized carbons (Fsp3) is 0.846. The molecule has 2 aliphatic rings. The molecule has 0 spiro atoms. The van der Waals surface area contributed by atoms with Crippen LogP contribution < -0.4 is 5.32 Å². The van der Waals surface area contributed by atoms with Crippen molar-refractivity contribution in [2.45, 2.75) is 57.5 Å². The van der Waals surface area contributed by atoms with Gasteiger partial charge >= 0.3 is 12.0 Å². The molecule has 1 aliphatic carbocycles. The van der Waals surface area contributed by atoms with Crippen molar-refractivity contribution in [2.24, 2.45) is 5.92 Å². The van der Waals surface area contributed by atoms with Gasteiger partial charge < -0.3 is 15.3 Å². The highest BCUT2D eigenvalue weighted by Crippen LogP contribution is 2.30. The molecule has 2 N–H and O–H groups in total. The first-order chi connectivity index (χ1) is 8.40. The standard InChI is InChI=1S/C13H22N2O3/c1-13(2)6-3-7-15(13)12(18)14-10-5-4-9(8-10)11(16)17/h9-10H,3-8H2,1-2H3,(H,14,18)(H,16,17)/t9-,10+/m1/s1. The predicted octanol–water partition coefficient (Wildman–Crippen LogP) is 1.82. The third kappa shape index (κ3) is 2.60. The molecule has 2 amide bonds. The summed E-state index contributed by atoms with van der Waals surface area (Å²) in [6, 6.07) is -0.0106. The molecule has 0 aromatic carbocycles. The summed E-state index contributed by atoms with van der Waals surface area (Å²) < 4.78 is 0. The minimum atomic E-state index is -0.742. The zero-order valence-electron chi connectivity index (χ0n) is 11.1. The van der Waals surface area contributed by atoms with E-state index in [0.29, 0.717) is 12.8 Å². The highest BCUT2D eigenvalue weighted by molar-refractivity contribution is 5.76. The second-order valence-electron chi connectivity index (χ2n) is 6.06. The van der Waals surface area contributed by atoms with Crippen LogP contribution in [-0.2, 0) is 4.79 Å². The van der Waals surface area contributed by atoms with Crippen molar-refractivity contribution in [1.29, 1.82) is 0 Å². The van der Waals surface area contributed by atoms with E-state index >= 15 is 0 Å². The van der Waals surface area contributed by atoms with Crippen LogP contribution in [0, 0.1) is 5.92 Å². The lowest BCUT2D eigenvalue weighted by Crippen LogP contribution is -2.50. The number of carboxylic acids is 1. The van der Waals surface area contributed by atoms with Crippen molar-refractivity contribution in [3.05, 3.63) is 0 Å². The van der Waals surface area contributed by atoms with E-state index in [0.717, 1.165) is 25.8 Å². The number of nitrogens with one attached hydrogen (secondary N) is 1. The largest absolute Gasteiger partial charge is 0.481 e. The summed E-state index contributed by atoms with van der Waals surface area (Å²) in [4.78, 5) is 24.9. The van der Waals surface area contributed by atoms with Crippen molar-refractivity contribution in [2.75, 3.05) is 6.54 Å². The summed E-state index contributed by atoms with van der Waals surface area (Å²) in [6.07, 6.45) is 4.08. The Kier molecular flexibility index (Phi) is 3.50. The van der Waals surface area contributed by atoms with Crippen LogP contribution in [0.3, 0.4) is 0 Å². The Labute approximate surface area is 108 Å². The highest BCUT2D eigenvalue weighted by atomic mass is 16.4. The zero-order chi connectivity index (χ0) is 13.3. The SMILES string of the molecule is CC1(C)CCCN1C(=O)N[C@H]1CC[C@@H](C(=O)O)C1. The minimum absolute atomic E-state index is 0.0231. The molecule has 2 atom stereocenters. The molecule has 2 rings (SSSR count). The number of hydrogen-bond donors (Lipinski definition) is 2. The zero-order valence-corrected chi connectivity index (χ0v) is 11.1. The minimum Gasteiger partial charge on any atom is -0.481 e. The maximum atomic E-state index is 12.2. The van der Waals surface area contributed by atoms with E-state index in [4.69, 9.17) is 5.11 Å². The molecule has 1 aliphatic heterocycles. The molecule has 18 heavy (non-hydrogen) atoms. The summed E-state index contributed by atoms with van der Waals surface area (Å²) in [6.45, 7) is 4.95. The normalized spacial score (nSPS) is 30.4. The van der Waals surface area contributed by atoms with Gasteiger partial charge in [-0.05, 0) is 46.0 Å².